The molecule has 1 fully saturated rings. The summed E-state index contributed by atoms with van der Waals surface area (Å²) in [7, 11) is 0. The van der Waals surface area contributed by atoms with Gasteiger partial charge in [0.25, 0.3) is 0 Å². The van der Waals surface area contributed by atoms with Crippen molar-refractivity contribution in [3.63, 3.8) is 0 Å². The Hall–Kier alpha value is -1.53. The molecular formula is C22H30ClN3O2. The van der Waals surface area contributed by atoms with Crippen LogP contribution in [-0.4, -0.2) is 38.9 Å². The number of nitrogens with one attached hydrogen (secondary N) is 1. The minimum absolute atomic E-state index is 0.0344. The zero-order valence-corrected chi connectivity index (χ0v) is 17.5. The molecule has 0 bridgehead atoms. The molecule has 1 aliphatic carbocycles. The molecule has 1 aromatic carbocycles. The minimum atomic E-state index is -0.525. The minimum Gasteiger partial charge on any atom is -0.396 e. The highest BCUT2D eigenvalue weighted by atomic mass is 35.5. The fraction of sp³-hybridized carbons (Fsp3) is 0.545. The Balaban J connectivity index is 1.76. The zero-order chi connectivity index (χ0) is 20.3. The number of aromatic nitrogens is 2. The van der Waals surface area contributed by atoms with Crippen molar-refractivity contribution < 1.29 is 10.2 Å². The van der Waals surface area contributed by atoms with Crippen LogP contribution in [0.5, 0.6) is 0 Å². The lowest BCUT2D eigenvalue weighted by molar-refractivity contribution is 0.0715. The molecule has 152 valence electrons. The third-order valence-corrected chi connectivity index (χ3v) is 5.98. The number of benzene rings is 1. The fourth-order valence-electron chi connectivity index (χ4n) is 3.97. The van der Waals surface area contributed by atoms with Crippen LogP contribution in [-0.2, 0) is 18.4 Å². The highest BCUT2D eigenvalue weighted by Crippen LogP contribution is 2.35. The largest absolute Gasteiger partial charge is 0.396 e. The Morgan fingerprint density at radius 3 is 2.61 bits per heavy atom. The van der Waals surface area contributed by atoms with Gasteiger partial charge in [-0.25, -0.2) is 9.97 Å². The van der Waals surface area contributed by atoms with Crippen molar-refractivity contribution in [2.45, 2.75) is 57.7 Å². The van der Waals surface area contributed by atoms with Crippen LogP contribution in [0.2, 0.25) is 5.02 Å². The van der Waals surface area contributed by atoms with Crippen LogP contribution < -0.4 is 5.32 Å². The Morgan fingerprint density at radius 2 is 1.93 bits per heavy atom. The first-order valence-corrected chi connectivity index (χ1v) is 10.3. The summed E-state index contributed by atoms with van der Waals surface area (Å²) in [5, 5.41) is 24.6. The number of halogens is 1. The molecule has 3 N–H and O–H groups in total. The van der Waals surface area contributed by atoms with Gasteiger partial charge in [-0.1, -0.05) is 50.6 Å². The number of aliphatic hydroxyl groups is 2. The SMILES string of the molecule is CC(C)(C)c1nccc(CC2C(NCc3ccccc3Cl)CC(O)C2CO)n1. The van der Waals surface area contributed by atoms with Gasteiger partial charge in [0.15, 0.2) is 0 Å². The Morgan fingerprint density at radius 1 is 1.18 bits per heavy atom. The van der Waals surface area contributed by atoms with Gasteiger partial charge in [-0.2, -0.15) is 0 Å². The monoisotopic (exact) mass is 403 g/mol. The summed E-state index contributed by atoms with van der Waals surface area (Å²) in [5.41, 5.74) is 1.85. The molecule has 2 aromatic rings. The smallest absolute Gasteiger partial charge is 0.133 e. The van der Waals surface area contributed by atoms with E-state index in [1.165, 1.54) is 0 Å². The molecule has 1 aromatic heterocycles. The van der Waals surface area contributed by atoms with Gasteiger partial charge in [-0.3, -0.25) is 0 Å². The predicted molar refractivity (Wildman–Crippen MR) is 111 cm³/mol. The summed E-state index contributed by atoms with van der Waals surface area (Å²) >= 11 is 6.27. The first-order valence-electron chi connectivity index (χ1n) is 9.87. The van der Waals surface area contributed by atoms with Gasteiger partial charge in [0.1, 0.15) is 5.82 Å². The van der Waals surface area contributed by atoms with Crippen LogP contribution in [0.4, 0.5) is 0 Å². The molecule has 3 rings (SSSR count). The van der Waals surface area contributed by atoms with Crippen molar-refractivity contribution in [2.24, 2.45) is 11.8 Å². The van der Waals surface area contributed by atoms with E-state index in [0.717, 1.165) is 22.1 Å². The molecule has 1 heterocycles. The van der Waals surface area contributed by atoms with Crippen LogP contribution in [0.15, 0.2) is 36.5 Å². The van der Waals surface area contributed by atoms with Crippen molar-refractivity contribution in [1.29, 1.82) is 0 Å². The number of aliphatic hydroxyl groups excluding tert-OH is 2. The molecule has 1 aliphatic rings. The summed E-state index contributed by atoms with van der Waals surface area (Å²) in [6.07, 6.45) is 2.57. The molecule has 0 saturated heterocycles. The number of hydrogen-bond acceptors (Lipinski definition) is 5. The van der Waals surface area contributed by atoms with Gasteiger partial charge < -0.3 is 15.5 Å². The van der Waals surface area contributed by atoms with Crippen LogP contribution >= 0.6 is 11.6 Å². The van der Waals surface area contributed by atoms with Crippen molar-refractivity contribution in [3.8, 4) is 0 Å². The second kappa shape index (κ2) is 8.87. The van der Waals surface area contributed by atoms with Gasteiger partial charge in [-0.05, 0) is 36.5 Å². The molecule has 0 radical (unpaired) electrons. The van der Waals surface area contributed by atoms with Gasteiger partial charge in [0.05, 0.1) is 6.10 Å². The molecule has 1 saturated carbocycles. The van der Waals surface area contributed by atoms with E-state index in [4.69, 9.17) is 16.6 Å². The summed E-state index contributed by atoms with van der Waals surface area (Å²) in [4.78, 5) is 9.15. The molecule has 5 nitrogen and oxygen atoms in total. The highest BCUT2D eigenvalue weighted by Gasteiger charge is 2.42. The lowest BCUT2D eigenvalue weighted by atomic mass is 9.88. The van der Waals surface area contributed by atoms with Crippen molar-refractivity contribution in [3.05, 3.63) is 58.6 Å². The van der Waals surface area contributed by atoms with E-state index < -0.39 is 6.10 Å². The maximum absolute atomic E-state index is 10.5. The average molecular weight is 404 g/mol. The van der Waals surface area contributed by atoms with Crippen LogP contribution in [0.1, 0.15) is 44.3 Å². The second-order valence-corrected chi connectivity index (χ2v) is 9.13. The third-order valence-electron chi connectivity index (χ3n) is 5.61. The third kappa shape index (κ3) is 4.90. The van der Waals surface area contributed by atoms with Crippen molar-refractivity contribution >= 4 is 11.6 Å². The number of nitrogens with zero attached hydrogens (tertiary/aromatic N) is 2. The normalized spacial score (nSPS) is 25.2. The van der Waals surface area contributed by atoms with Crippen molar-refractivity contribution in [1.82, 2.24) is 15.3 Å². The predicted octanol–water partition coefficient (Wildman–Crippen LogP) is 3.12. The van der Waals surface area contributed by atoms with Crippen LogP contribution in [0, 0.1) is 11.8 Å². The highest BCUT2D eigenvalue weighted by molar-refractivity contribution is 6.31. The van der Waals surface area contributed by atoms with Gasteiger partial charge in [-0.15, -0.1) is 0 Å². The molecule has 0 aliphatic heterocycles. The number of rotatable bonds is 6. The van der Waals surface area contributed by atoms with Crippen LogP contribution in [0.3, 0.4) is 0 Å². The summed E-state index contributed by atoms with van der Waals surface area (Å²) in [5.74, 6) is 0.728. The zero-order valence-electron chi connectivity index (χ0n) is 16.8. The van der Waals surface area contributed by atoms with Gasteiger partial charge >= 0.3 is 0 Å². The van der Waals surface area contributed by atoms with E-state index in [9.17, 15) is 10.2 Å². The van der Waals surface area contributed by atoms with E-state index >= 15 is 0 Å². The first kappa shape index (κ1) is 21.2. The Bertz CT molecular complexity index is 793. The molecule has 0 spiro atoms. The Labute approximate surface area is 172 Å². The van der Waals surface area contributed by atoms with E-state index in [1.54, 1.807) is 6.20 Å². The molecule has 4 atom stereocenters. The van der Waals surface area contributed by atoms with Gasteiger partial charge in [0.2, 0.25) is 0 Å². The first-order chi connectivity index (χ1) is 13.3. The quantitative estimate of drug-likeness (QED) is 0.690. The summed E-state index contributed by atoms with van der Waals surface area (Å²) in [6, 6.07) is 9.77. The molecule has 4 unspecified atom stereocenters. The van der Waals surface area contributed by atoms with E-state index in [0.29, 0.717) is 19.4 Å². The maximum Gasteiger partial charge on any atom is 0.133 e. The van der Waals surface area contributed by atoms with E-state index in [2.05, 4.69) is 31.1 Å². The standard InChI is InChI=1S/C22H30ClN3O2/c1-22(2,3)21-24-9-8-15(26-21)10-16-17(13-27)20(28)11-19(16)25-12-14-6-4-5-7-18(14)23/h4-9,16-17,19-20,25,27-28H,10-13H2,1-3H3. The molecular weight excluding hydrogens is 374 g/mol. The molecule has 28 heavy (non-hydrogen) atoms. The number of hydrogen-bond donors (Lipinski definition) is 3. The molecule has 0 amide bonds. The summed E-state index contributed by atoms with van der Waals surface area (Å²) in [6.45, 7) is 6.87. The van der Waals surface area contributed by atoms with Crippen LogP contribution in [0.25, 0.3) is 0 Å². The second-order valence-electron chi connectivity index (χ2n) is 8.72. The Kier molecular flexibility index (Phi) is 6.71. The van der Waals surface area contributed by atoms with E-state index in [-0.39, 0.29) is 29.9 Å². The lowest BCUT2D eigenvalue weighted by Crippen LogP contribution is -2.36. The average Bonchev–Trinajstić information content (AvgIpc) is 2.95. The molecule has 6 heteroatoms. The maximum atomic E-state index is 10.5. The van der Waals surface area contributed by atoms with E-state index in [1.807, 2.05) is 30.3 Å². The van der Waals surface area contributed by atoms with Crippen molar-refractivity contribution in [2.75, 3.05) is 6.61 Å². The van der Waals surface area contributed by atoms with Gasteiger partial charge in [0, 0.05) is 47.4 Å². The lowest BCUT2D eigenvalue weighted by Gasteiger charge is -2.25. The topological polar surface area (TPSA) is 78.3 Å². The fourth-order valence-corrected chi connectivity index (χ4v) is 4.18. The summed E-state index contributed by atoms with van der Waals surface area (Å²) < 4.78 is 0.